The van der Waals surface area contributed by atoms with Crippen molar-refractivity contribution in [3.8, 4) is 45.0 Å². The van der Waals surface area contributed by atoms with Crippen LogP contribution < -0.4 is 4.90 Å². The zero-order valence-electron chi connectivity index (χ0n) is 42.3. The van der Waals surface area contributed by atoms with Gasteiger partial charge in [0.25, 0.3) is 0 Å². The van der Waals surface area contributed by atoms with Gasteiger partial charge in [-0.2, -0.15) is 0 Å². The molecule has 0 saturated carbocycles. The van der Waals surface area contributed by atoms with E-state index < -0.39 is 0 Å². The lowest BCUT2D eigenvalue weighted by molar-refractivity contribution is 0.958. The number of hydrogen-bond donors (Lipinski definition) is 0. The van der Waals surface area contributed by atoms with E-state index in [4.69, 9.17) is 4.98 Å². The molecule has 0 aliphatic carbocycles. The number of rotatable bonds is 8. The smallest absolute Gasteiger partial charge is 0.220 e. The molecule has 0 unspecified atom stereocenters. The van der Waals surface area contributed by atoms with Crippen LogP contribution in [-0.2, 0) is 0 Å². The number of fused-ring (bicyclic) bond motifs is 15. The van der Waals surface area contributed by atoms with Crippen LogP contribution in [0.4, 0.5) is 17.1 Å². The quantitative estimate of drug-likeness (QED) is 0.142. The Kier molecular flexibility index (Phi) is 10.1. The first-order valence-corrected chi connectivity index (χ1v) is 27.4. The van der Waals surface area contributed by atoms with Gasteiger partial charge in [-0.1, -0.05) is 212 Å². The molecule has 3 heterocycles. The Labute approximate surface area is 454 Å². The Hall–Kier alpha value is -10.1. The molecular formula is C73H46N4S. The third-order valence-corrected chi connectivity index (χ3v) is 17.1. The summed E-state index contributed by atoms with van der Waals surface area (Å²) in [5.41, 5.74) is 15.6. The van der Waals surface area contributed by atoms with Gasteiger partial charge >= 0.3 is 0 Å². The first-order chi connectivity index (χ1) is 38.7. The lowest BCUT2D eigenvalue weighted by atomic mass is 9.93. The van der Waals surface area contributed by atoms with E-state index in [0.29, 0.717) is 0 Å². The van der Waals surface area contributed by atoms with Gasteiger partial charge in [-0.25, -0.2) is 4.98 Å². The molecule has 4 nitrogen and oxygen atoms in total. The van der Waals surface area contributed by atoms with Crippen LogP contribution in [0.5, 0.6) is 0 Å². The van der Waals surface area contributed by atoms with Gasteiger partial charge in [0.15, 0.2) is 0 Å². The summed E-state index contributed by atoms with van der Waals surface area (Å²) in [6, 6.07) is 102. The number of hydrogen-bond acceptors (Lipinski definition) is 3. The number of benzene rings is 13. The molecule has 0 saturated heterocycles. The van der Waals surface area contributed by atoms with Gasteiger partial charge in [0, 0.05) is 54.3 Å². The zero-order chi connectivity index (χ0) is 51.3. The summed E-state index contributed by atoms with van der Waals surface area (Å²) in [4.78, 5) is 7.95. The van der Waals surface area contributed by atoms with Crippen molar-refractivity contribution < 1.29 is 0 Å². The monoisotopic (exact) mass is 1010 g/mol. The summed E-state index contributed by atoms with van der Waals surface area (Å²) >= 11 is 1.91. The molecule has 3 aromatic heterocycles. The van der Waals surface area contributed by atoms with E-state index in [1.807, 2.05) is 11.3 Å². The van der Waals surface area contributed by atoms with Crippen LogP contribution in [0, 0.1) is 0 Å². The van der Waals surface area contributed by atoms with Crippen molar-refractivity contribution >= 4 is 114 Å². The van der Waals surface area contributed by atoms with E-state index >= 15 is 0 Å². The maximum Gasteiger partial charge on any atom is 0.220 e. The topological polar surface area (TPSA) is 26.0 Å². The van der Waals surface area contributed by atoms with Crippen LogP contribution in [0.15, 0.2) is 279 Å². The molecule has 0 spiro atoms. The number of aromatic nitrogens is 3. The van der Waals surface area contributed by atoms with Gasteiger partial charge in [-0.3, -0.25) is 9.13 Å². The highest BCUT2D eigenvalue weighted by atomic mass is 32.1. The summed E-state index contributed by atoms with van der Waals surface area (Å²) in [7, 11) is 0. The van der Waals surface area contributed by atoms with Gasteiger partial charge in [0.05, 0.1) is 32.5 Å². The predicted octanol–water partition coefficient (Wildman–Crippen LogP) is 20.4. The Bertz CT molecular complexity index is 4980. The molecule has 0 aliphatic heterocycles. The summed E-state index contributed by atoms with van der Waals surface area (Å²) in [5, 5.41) is 12.6. The van der Waals surface area contributed by atoms with E-state index in [-0.39, 0.29) is 0 Å². The number of para-hydroxylation sites is 4. The van der Waals surface area contributed by atoms with E-state index in [2.05, 4.69) is 293 Å². The van der Waals surface area contributed by atoms with Crippen molar-refractivity contribution in [3.63, 3.8) is 0 Å². The third kappa shape index (κ3) is 6.88. The van der Waals surface area contributed by atoms with Crippen molar-refractivity contribution in [2.45, 2.75) is 0 Å². The molecular weight excluding hydrogens is 965 g/mol. The largest absolute Gasteiger partial charge is 0.310 e. The molecule has 16 rings (SSSR count). The van der Waals surface area contributed by atoms with Crippen molar-refractivity contribution in [3.05, 3.63) is 279 Å². The number of anilines is 3. The molecule has 0 aliphatic rings. The van der Waals surface area contributed by atoms with Crippen LogP contribution in [0.25, 0.3) is 130 Å². The molecule has 0 atom stereocenters. The fourth-order valence-electron chi connectivity index (χ4n) is 12.4. The number of nitrogens with zero attached hydrogens (tertiary/aromatic N) is 4. The van der Waals surface area contributed by atoms with Crippen molar-refractivity contribution in [1.29, 1.82) is 0 Å². The Morgan fingerprint density at radius 3 is 1.64 bits per heavy atom. The minimum atomic E-state index is 0.859. The maximum absolute atomic E-state index is 5.55. The first-order valence-electron chi connectivity index (χ1n) is 26.6. The van der Waals surface area contributed by atoms with E-state index in [0.717, 1.165) is 67.5 Å². The number of imidazole rings is 1. The molecule has 0 radical (unpaired) electrons. The Morgan fingerprint density at radius 1 is 0.321 bits per heavy atom. The Balaban J connectivity index is 0.917. The second-order valence-electron chi connectivity index (χ2n) is 20.2. The molecule has 13 aromatic carbocycles. The minimum Gasteiger partial charge on any atom is -0.310 e. The highest BCUT2D eigenvalue weighted by molar-refractivity contribution is 7.27. The fourth-order valence-corrected chi connectivity index (χ4v) is 13.8. The van der Waals surface area contributed by atoms with Crippen LogP contribution in [0.1, 0.15) is 0 Å². The Morgan fingerprint density at radius 2 is 0.872 bits per heavy atom. The minimum absolute atomic E-state index is 0.859. The van der Waals surface area contributed by atoms with Gasteiger partial charge in [0.1, 0.15) is 0 Å². The molecule has 5 heteroatoms. The summed E-state index contributed by atoms with van der Waals surface area (Å²) < 4.78 is 7.33. The predicted molar refractivity (Wildman–Crippen MR) is 332 cm³/mol. The highest BCUT2D eigenvalue weighted by Crippen LogP contribution is 2.49. The van der Waals surface area contributed by atoms with Gasteiger partial charge in [-0.05, 0) is 121 Å². The van der Waals surface area contributed by atoms with E-state index in [9.17, 15) is 0 Å². The highest BCUT2D eigenvalue weighted by Gasteiger charge is 2.25. The molecule has 0 fully saturated rings. The van der Waals surface area contributed by atoms with Gasteiger partial charge in [-0.15, -0.1) is 11.3 Å². The standard InChI is InChI=1S/C73H46N4S/c1-4-19-47(20-5-1)50-23-18-26-54(45-50)75(66-33-16-14-27-55(66)49-21-6-2-7-22-49)53-38-35-48(36-39-53)51-37-44-67-64(46-51)61-41-43-63-62-42-40-60-58-30-11-10-28-56(58)57-29-12-13-31-59(57)69(60)71(62)78-72(63)70(61)77(67)73-74-65-32-15-17-34-68(65)76(73)52-24-8-3-9-25-52/h1-46H. The van der Waals surface area contributed by atoms with E-state index in [1.54, 1.807) is 0 Å². The summed E-state index contributed by atoms with van der Waals surface area (Å²) in [6.07, 6.45) is 0. The van der Waals surface area contributed by atoms with Crippen LogP contribution in [0.2, 0.25) is 0 Å². The first kappa shape index (κ1) is 44.2. The van der Waals surface area contributed by atoms with Crippen molar-refractivity contribution in [2.75, 3.05) is 4.90 Å². The molecule has 78 heavy (non-hydrogen) atoms. The average molecular weight is 1010 g/mol. The van der Waals surface area contributed by atoms with Crippen molar-refractivity contribution in [2.24, 2.45) is 0 Å². The maximum atomic E-state index is 5.55. The zero-order valence-corrected chi connectivity index (χ0v) is 43.1. The van der Waals surface area contributed by atoms with Gasteiger partial charge in [0.2, 0.25) is 5.95 Å². The third-order valence-electron chi connectivity index (χ3n) is 15.9. The van der Waals surface area contributed by atoms with Crippen molar-refractivity contribution in [1.82, 2.24) is 14.1 Å². The second kappa shape index (κ2) is 17.8. The lowest BCUT2D eigenvalue weighted by Gasteiger charge is -2.28. The molecule has 0 bridgehead atoms. The van der Waals surface area contributed by atoms with Crippen LogP contribution in [0.3, 0.4) is 0 Å². The molecule has 16 aromatic rings. The van der Waals surface area contributed by atoms with Crippen LogP contribution in [-0.4, -0.2) is 14.1 Å². The van der Waals surface area contributed by atoms with E-state index in [1.165, 1.54) is 80.0 Å². The average Bonchev–Trinajstić information content (AvgIpc) is 4.34. The van der Waals surface area contributed by atoms with Gasteiger partial charge < -0.3 is 4.90 Å². The molecule has 364 valence electrons. The SMILES string of the molecule is c1ccc(-c2cccc(N(c3ccc(-c4ccc5c(c4)c4ccc6c7ccc8c9ccccc9c9ccccc9c8c7sc6c4n5-c4nc5ccccc5n4-c4ccccc4)cc3)c3ccccc3-c3ccccc3)c2)cc1. The normalized spacial score (nSPS) is 11.8. The fraction of sp³-hybridized carbons (Fsp3) is 0. The molecule has 0 amide bonds. The summed E-state index contributed by atoms with van der Waals surface area (Å²) in [6.45, 7) is 0. The summed E-state index contributed by atoms with van der Waals surface area (Å²) in [5.74, 6) is 0.859. The number of thiophene rings is 1. The lowest BCUT2D eigenvalue weighted by Crippen LogP contribution is -2.11. The van der Waals surface area contributed by atoms with Crippen LogP contribution >= 0.6 is 11.3 Å². The molecule has 0 N–H and O–H groups in total. The second-order valence-corrected chi connectivity index (χ2v) is 21.2.